The zero-order valence-corrected chi connectivity index (χ0v) is 13.4. The molecule has 2 N–H and O–H groups in total. The molecule has 0 unspecified atom stereocenters. The van der Waals surface area contributed by atoms with Gasteiger partial charge in [-0.25, -0.2) is 0 Å². The quantitative estimate of drug-likeness (QED) is 0.765. The number of carbonyl (C=O) groups excluding carboxylic acids is 1. The lowest BCUT2D eigenvalue weighted by atomic mass is 9.95. The van der Waals surface area contributed by atoms with E-state index in [0.717, 1.165) is 36.9 Å². The third-order valence-electron chi connectivity index (χ3n) is 4.31. The van der Waals surface area contributed by atoms with Crippen LogP contribution in [0.1, 0.15) is 34.5 Å². The molecule has 1 aliphatic rings. The Kier molecular flexibility index (Phi) is 3.89. The number of aromatic amines is 1. The van der Waals surface area contributed by atoms with Crippen LogP contribution in [0, 0.1) is 0 Å². The number of carbonyl (C=O) groups is 1. The fourth-order valence-electron chi connectivity index (χ4n) is 3.07. The number of anilines is 1. The Morgan fingerprint density at radius 1 is 1.20 bits per heavy atom. The maximum Gasteiger partial charge on any atom is 0.261 e. The minimum absolute atomic E-state index is 0.129. The smallest absolute Gasteiger partial charge is 0.261 e. The number of amides is 1. The average Bonchev–Trinajstić information content (AvgIpc) is 3.16. The van der Waals surface area contributed by atoms with Crippen LogP contribution in [0.5, 0.6) is 0 Å². The molecule has 2 aromatic heterocycles. The van der Waals surface area contributed by atoms with Crippen LogP contribution in [0.4, 0.5) is 5.69 Å². The Labute approximate surface area is 143 Å². The van der Waals surface area contributed by atoms with Gasteiger partial charge in [-0.1, -0.05) is 6.07 Å². The summed E-state index contributed by atoms with van der Waals surface area (Å²) in [4.78, 5) is 27.6. The Bertz CT molecular complexity index is 976. The molecule has 3 aromatic rings. The fourth-order valence-corrected chi connectivity index (χ4v) is 3.07. The number of nitrogens with zero attached hydrogens (tertiary/aromatic N) is 2. The number of aromatic nitrogens is 3. The van der Waals surface area contributed by atoms with Crippen LogP contribution in [-0.2, 0) is 12.8 Å². The molecular formula is C18H16N4O3. The zero-order valence-electron chi connectivity index (χ0n) is 13.4. The van der Waals surface area contributed by atoms with E-state index in [1.165, 1.54) is 6.39 Å². The Hall–Kier alpha value is -3.22. The number of rotatable bonds is 3. The Morgan fingerprint density at radius 2 is 2.08 bits per heavy atom. The lowest BCUT2D eigenvalue weighted by Gasteiger charge is -2.16. The first kappa shape index (κ1) is 15.3. The van der Waals surface area contributed by atoms with Crippen LogP contribution < -0.4 is 10.9 Å². The monoisotopic (exact) mass is 336 g/mol. The standard InChI is InChI=1S/C18H16N4O3/c23-16(14-9-11-4-1-2-7-15(11)21-17(14)24)20-13-6-3-5-12(8-13)18-22-19-10-25-18/h3,5-6,8-10H,1-2,4,7H2,(H,20,23)(H,21,24). The Morgan fingerprint density at radius 3 is 2.92 bits per heavy atom. The molecule has 0 aliphatic heterocycles. The van der Waals surface area contributed by atoms with Gasteiger partial charge in [-0.15, -0.1) is 10.2 Å². The van der Waals surface area contributed by atoms with Crippen LogP contribution >= 0.6 is 0 Å². The van der Waals surface area contributed by atoms with Crippen molar-refractivity contribution in [3.8, 4) is 11.5 Å². The SMILES string of the molecule is O=C(Nc1cccc(-c2nnco2)c1)c1cc2c([nH]c1=O)CCCC2. The van der Waals surface area contributed by atoms with E-state index in [4.69, 9.17) is 4.42 Å². The number of fused-ring (bicyclic) bond motifs is 1. The lowest BCUT2D eigenvalue weighted by Crippen LogP contribution is -2.26. The van der Waals surface area contributed by atoms with Crippen molar-refractivity contribution >= 4 is 11.6 Å². The van der Waals surface area contributed by atoms with Crippen molar-refractivity contribution in [2.45, 2.75) is 25.7 Å². The minimum atomic E-state index is -0.433. The van der Waals surface area contributed by atoms with E-state index in [1.807, 2.05) is 0 Å². The first-order valence-electron chi connectivity index (χ1n) is 8.14. The van der Waals surface area contributed by atoms with Crippen molar-refractivity contribution in [3.63, 3.8) is 0 Å². The first-order chi connectivity index (χ1) is 12.2. The van der Waals surface area contributed by atoms with Crippen molar-refractivity contribution in [1.82, 2.24) is 15.2 Å². The van der Waals surface area contributed by atoms with Crippen molar-refractivity contribution < 1.29 is 9.21 Å². The molecule has 0 bridgehead atoms. The van der Waals surface area contributed by atoms with Gasteiger partial charge in [0.2, 0.25) is 12.3 Å². The summed E-state index contributed by atoms with van der Waals surface area (Å²) in [5.41, 5.74) is 3.02. The molecule has 0 saturated heterocycles. The number of H-pyrrole nitrogens is 1. The van der Waals surface area contributed by atoms with Gasteiger partial charge < -0.3 is 14.7 Å². The summed E-state index contributed by atoms with van der Waals surface area (Å²) in [7, 11) is 0. The maximum absolute atomic E-state index is 12.5. The maximum atomic E-state index is 12.5. The molecule has 1 aromatic carbocycles. The molecule has 0 spiro atoms. The van der Waals surface area contributed by atoms with E-state index in [1.54, 1.807) is 30.3 Å². The highest BCUT2D eigenvalue weighted by atomic mass is 16.4. The molecular weight excluding hydrogens is 320 g/mol. The zero-order chi connectivity index (χ0) is 17.2. The predicted octanol–water partition coefficient (Wildman–Crippen LogP) is 2.56. The van der Waals surface area contributed by atoms with Gasteiger partial charge in [-0.2, -0.15) is 0 Å². The summed E-state index contributed by atoms with van der Waals surface area (Å²) >= 11 is 0. The summed E-state index contributed by atoms with van der Waals surface area (Å²) < 4.78 is 5.16. The van der Waals surface area contributed by atoms with Crippen molar-refractivity contribution in [2.24, 2.45) is 0 Å². The van der Waals surface area contributed by atoms with Crippen molar-refractivity contribution in [2.75, 3.05) is 5.32 Å². The molecule has 7 heteroatoms. The van der Waals surface area contributed by atoms with Gasteiger partial charge in [0.05, 0.1) is 0 Å². The first-order valence-corrected chi connectivity index (χ1v) is 8.14. The fraction of sp³-hybridized carbons (Fsp3) is 0.222. The predicted molar refractivity (Wildman–Crippen MR) is 91.4 cm³/mol. The van der Waals surface area contributed by atoms with E-state index < -0.39 is 5.91 Å². The van der Waals surface area contributed by atoms with Crippen LogP contribution in [0.2, 0.25) is 0 Å². The highest BCUT2D eigenvalue weighted by molar-refractivity contribution is 6.04. The second kappa shape index (κ2) is 6.35. The molecule has 1 aliphatic carbocycles. The third-order valence-corrected chi connectivity index (χ3v) is 4.31. The average molecular weight is 336 g/mol. The topological polar surface area (TPSA) is 101 Å². The molecule has 126 valence electrons. The molecule has 0 radical (unpaired) electrons. The van der Waals surface area contributed by atoms with Gasteiger partial charge in [0, 0.05) is 16.9 Å². The normalized spacial score (nSPS) is 13.3. The van der Waals surface area contributed by atoms with Crippen LogP contribution in [0.15, 0.2) is 45.9 Å². The molecule has 0 saturated carbocycles. The second-order valence-electron chi connectivity index (χ2n) is 6.00. The summed E-state index contributed by atoms with van der Waals surface area (Å²) in [5, 5.41) is 10.2. The van der Waals surface area contributed by atoms with Crippen LogP contribution in [0.3, 0.4) is 0 Å². The van der Waals surface area contributed by atoms with Crippen LogP contribution in [-0.4, -0.2) is 21.1 Å². The molecule has 0 fully saturated rings. The highest BCUT2D eigenvalue weighted by Gasteiger charge is 2.17. The number of aryl methyl sites for hydroxylation is 2. The summed E-state index contributed by atoms with van der Waals surface area (Å²) in [6, 6.07) is 8.74. The summed E-state index contributed by atoms with van der Waals surface area (Å²) in [6.07, 6.45) is 5.13. The number of pyridine rings is 1. The van der Waals surface area contributed by atoms with Gasteiger partial charge in [-0.05, 0) is 55.5 Å². The minimum Gasteiger partial charge on any atom is -0.423 e. The van der Waals surface area contributed by atoms with E-state index in [0.29, 0.717) is 17.1 Å². The van der Waals surface area contributed by atoms with Gasteiger partial charge in [-0.3, -0.25) is 9.59 Å². The van der Waals surface area contributed by atoms with E-state index in [9.17, 15) is 9.59 Å². The molecule has 2 heterocycles. The molecule has 0 atom stereocenters. The third kappa shape index (κ3) is 3.08. The summed E-state index contributed by atoms with van der Waals surface area (Å²) in [6.45, 7) is 0. The van der Waals surface area contributed by atoms with Gasteiger partial charge in [0.15, 0.2) is 0 Å². The van der Waals surface area contributed by atoms with E-state index >= 15 is 0 Å². The molecule has 25 heavy (non-hydrogen) atoms. The van der Waals surface area contributed by atoms with Gasteiger partial charge in [0.25, 0.3) is 11.5 Å². The molecule has 1 amide bonds. The van der Waals surface area contributed by atoms with Gasteiger partial charge in [0.1, 0.15) is 5.56 Å². The second-order valence-corrected chi connectivity index (χ2v) is 6.00. The molecule has 4 rings (SSSR count). The number of nitrogens with one attached hydrogen (secondary N) is 2. The summed E-state index contributed by atoms with van der Waals surface area (Å²) in [5.74, 6) is -0.0694. The lowest BCUT2D eigenvalue weighted by molar-refractivity contribution is 0.102. The number of benzene rings is 1. The van der Waals surface area contributed by atoms with Crippen LogP contribution in [0.25, 0.3) is 11.5 Å². The van der Waals surface area contributed by atoms with Crippen molar-refractivity contribution in [3.05, 3.63) is 63.9 Å². The van der Waals surface area contributed by atoms with Gasteiger partial charge >= 0.3 is 0 Å². The largest absolute Gasteiger partial charge is 0.423 e. The number of hydrogen-bond acceptors (Lipinski definition) is 5. The molecule has 7 nitrogen and oxygen atoms in total. The number of hydrogen-bond donors (Lipinski definition) is 2. The van der Waals surface area contributed by atoms with E-state index in [2.05, 4.69) is 20.5 Å². The van der Waals surface area contributed by atoms with E-state index in [-0.39, 0.29) is 11.1 Å². The van der Waals surface area contributed by atoms with Crippen molar-refractivity contribution in [1.29, 1.82) is 0 Å². The highest BCUT2D eigenvalue weighted by Crippen LogP contribution is 2.21. The Balaban J connectivity index is 1.60.